The van der Waals surface area contributed by atoms with E-state index in [4.69, 9.17) is 4.74 Å². The van der Waals surface area contributed by atoms with Gasteiger partial charge in [-0.2, -0.15) is 0 Å². The Hall–Kier alpha value is -3.33. The fraction of sp³-hybridized carbons (Fsp3) is 0.318. The quantitative estimate of drug-likeness (QED) is 0.620. The summed E-state index contributed by atoms with van der Waals surface area (Å²) in [5.41, 5.74) is 0.833. The number of hydrogen-bond donors (Lipinski definition) is 2. The van der Waals surface area contributed by atoms with Crippen molar-refractivity contribution < 1.29 is 19.1 Å². The number of rotatable bonds is 4. The number of thiophene rings is 1. The third-order valence-electron chi connectivity index (χ3n) is 4.27. The van der Waals surface area contributed by atoms with E-state index in [0.717, 1.165) is 10.1 Å². The summed E-state index contributed by atoms with van der Waals surface area (Å²) in [7, 11) is 5.14. The van der Waals surface area contributed by atoms with Gasteiger partial charge in [-0.15, -0.1) is 11.3 Å². The summed E-state index contributed by atoms with van der Waals surface area (Å²) in [5, 5.41) is 6.37. The van der Waals surface area contributed by atoms with E-state index in [1.807, 2.05) is 18.2 Å². The molecule has 2 heterocycles. The van der Waals surface area contributed by atoms with E-state index >= 15 is 0 Å². The molecule has 0 aliphatic carbocycles. The summed E-state index contributed by atoms with van der Waals surface area (Å²) >= 11 is 1.41. The number of nitrogens with zero attached hydrogens (tertiary/aromatic N) is 2. The van der Waals surface area contributed by atoms with E-state index in [1.165, 1.54) is 16.2 Å². The minimum Gasteiger partial charge on any atom is -0.444 e. The van der Waals surface area contributed by atoms with Crippen molar-refractivity contribution in [3.8, 4) is 0 Å². The Labute approximate surface area is 184 Å². The molecule has 0 unspecified atom stereocenters. The van der Waals surface area contributed by atoms with Crippen LogP contribution in [0.4, 0.5) is 16.2 Å². The molecular formula is C22H26N4O4S. The average Bonchev–Trinajstić information content (AvgIpc) is 3.22. The molecule has 3 aromatic rings. The van der Waals surface area contributed by atoms with E-state index in [1.54, 1.807) is 64.8 Å². The lowest BCUT2D eigenvalue weighted by molar-refractivity contribution is 0.0635. The van der Waals surface area contributed by atoms with Gasteiger partial charge >= 0.3 is 6.09 Å². The highest BCUT2D eigenvalue weighted by Crippen LogP contribution is 2.29. The van der Waals surface area contributed by atoms with Gasteiger partial charge < -0.3 is 19.5 Å². The van der Waals surface area contributed by atoms with Gasteiger partial charge in [-0.05, 0) is 56.5 Å². The molecule has 0 spiro atoms. The Morgan fingerprint density at radius 1 is 1.03 bits per heavy atom. The topological polar surface area (TPSA) is 92.7 Å². The summed E-state index contributed by atoms with van der Waals surface area (Å²) in [6.45, 7) is 5.33. The standard InChI is InChI=1S/C22H26N4O4S/c1-22(2,3)30-21(29)24-15-11-16(26(6)12-15)19(27)23-14-7-8-17-13(9-14)10-18(31-17)20(28)25(4)5/h7-12H,1-6H3,(H,23,27)(H,24,29). The van der Waals surface area contributed by atoms with Crippen molar-refractivity contribution in [3.05, 3.63) is 47.1 Å². The first kappa shape index (κ1) is 22.4. The van der Waals surface area contributed by atoms with Crippen molar-refractivity contribution in [2.45, 2.75) is 26.4 Å². The Morgan fingerprint density at radius 3 is 2.39 bits per heavy atom. The number of ether oxygens (including phenoxy) is 1. The predicted octanol–water partition coefficient (Wildman–Crippen LogP) is 4.54. The molecule has 2 aromatic heterocycles. The number of aromatic nitrogens is 1. The zero-order chi connectivity index (χ0) is 22.9. The highest BCUT2D eigenvalue weighted by molar-refractivity contribution is 7.20. The van der Waals surface area contributed by atoms with Crippen molar-refractivity contribution in [2.24, 2.45) is 7.05 Å². The summed E-state index contributed by atoms with van der Waals surface area (Å²) in [6, 6.07) is 8.91. The lowest BCUT2D eigenvalue weighted by Crippen LogP contribution is -2.27. The van der Waals surface area contributed by atoms with Crippen molar-refractivity contribution in [2.75, 3.05) is 24.7 Å². The van der Waals surface area contributed by atoms with Gasteiger partial charge in [-0.25, -0.2) is 4.79 Å². The maximum absolute atomic E-state index is 12.8. The average molecular weight is 443 g/mol. The molecule has 0 aliphatic rings. The van der Waals surface area contributed by atoms with Crippen LogP contribution < -0.4 is 10.6 Å². The predicted molar refractivity (Wildman–Crippen MR) is 123 cm³/mol. The summed E-state index contributed by atoms with van der Waals surface area (Å²) in [4.78, 5) is 39.1. The molecule has 9 heteroatoms. The molecule has 164 valence electrons. The summed E-state index contributed by atoms with van der Waals surface area (Å²) in [5.74, 6) is -0.375. The fourth-order valence-corrected chi connectivity index (χ4v) is 3.99. The number of carbonyl (C=O) groups excluding carboxylic acids is 3. The Balaban J connectivity index is 1.74. The lowest BCUT2D eigenvalue weighted by Gasteiger charge is -2.19. The van der Waals surface area contributed by atoms with E-state index in [9.17, 15) is 14.4 Å². The molecule has 0 saturated heterocycles. The highest BCUT2D eigenvalue weighted by atomic mass is 32.1. The van der Waals surface area contributed by atoms with Crippen LogP contribution in [0.5, 0.6) is 0 Å². The number of benzene rings is 1. The zero-order valence-electron chi connectivity index (χ0n) is 18.4. The minimum absolute atomic E-state index is 0.0550. The number of anilines is 2. The molecule has 0 radical (unpaired) electrons. The van der Waals surface area contributed by atoms with Gasteiger partial charge in [0.25, 0.3) is 11.8 Å². The van der Waals surface area contributed by atoms with Gasteiger partial charge in [-0.3, -0.25) is 14.9 Å². The molecule has 8 nitrogen and oxygen atoms in total. The fourth-order valence-electron chi connectivity index (χ4n) is 2.92. The van der Waals surface area contributed by atoms with Crippen LogP contribution in [0.2, 0.25) is 0 Å². The first-order valence-electron chi connectivity index (χ1n) is 9.66. The Bertz CT molecular complexity index is 1150. The molecule has 3 amide bonds. The van der Waals surface area contributed by atoms with E-state index in [0.29, 0.717) is 21.9 Å². The van der Waals surface area contributed by atoms with Crippen LogP contribution in [-0.4, -0.2) is 47.1 Å². The molecule has 0 bridgehead atoms. The van der Waals surface area contributed by atoms with Gasteiger partial charge in [0.05, 0.1) is 10.6 Å². The molecule has 2 N–H and O–H groups in total. The molecule has 0 aliphatic heterocycles. The van der Waals surface area contributed by atoms with Crippen molar-refractivity contribution >= 4 is 50.7 Å². The third kappa shape index (κ3) is 5.43. The molecule has 0 fully saturated rings. The first-order chi connectivity index (χ1) is 14.4. The van der Waals surface area contributed by atoms with Gasteiger partial charge in [0, 0.05) is 37.7 Å². The molecule has 0 saturated carbocycles. The van der Waals surface area contributed by atoms with Crippen molar-refractivity contribution in [1.29, 1.82) is 0 Å². The van der Waals surface area contributed by atoms with Crippen LogP contribution in [0.3, 0.4) is 0 Å². The van der Waals surface area contributed by atoms with Crippen LogP contribution >= 0.6 is 11.3 Å². The van der Waals surface area contributed by atoms with Crippen LogP contribution in [0, 0.1) is 0 Å². The first-order valence-corrected chi connectivity index (χ1v) is 10.5. The van der Waals surface area contributed by atoms with E-state index in [2.05, 4.69) is 10.6 Å². The SMILES string of the molecule is CN(C)C(=O)c1cc2cc(NC(=O)c3cc(NC(=O)OC(C)(C)C)cn3C)ccc2s1. The number of hydrogen-bond acceptors (Lipinski definition) is 5. The lowest BCUT2D eigenvalue weighted by atomic mass is 10.2. The number of aryl methyl sites for hydroxylation is 1. The van der Waals surface area contributed by atoms with Crippen LogP contribution in [0.1, 0.15) is 40.9 Å². The van der Waals surface area contributed by atoms with E-state index < -0.39 is 11.7 Å². The number of fused-ring (bicyclic) bond motifs is 1. The maximum Gasteiger partial charge on any atom is 0.412 e. The Kier molecular flexibility index (Phi) is 6.08. The third-order valence-corrected chi connectivity index (χ3v) is 5.38. The molecule has 31 heavy (non-hydrogen) atoms. The number of nitrogens with one attached hydrogen (secondary N) is 2. The minimum atomic E-state index is -0.615. The van der Waals surface area contributed by atoms with Gasteiger partial charge in [0.1, 0.15) is 11.3 Å². The van der Waals surface area contributed by atoms with Crippen molar-refractivity contribution in [1.82, 2.24) is 9.47 Å². The number of amides is 3. The second kappa shape index (κ2) is 8.43. The van der Waals surface area contributed by atoms with Gasteiger partial charge in [0.15, 0.2) is 0 Å². The summed E-state index contributed by atoms with van der Waals surface area (Å²) < 4.78 is 7.82. The maximum atomic E-state index is 12.8. The second-order valence-electron chi connectivity index (χ2n) is 8.37. The Morgan fingerprint density at radius 2 is 1.74 bits per heavy atom. The largest absolute Gasteiger partial charge is 0.444 e. The van der Waals surface area contributed by atoms with Crippen molar-refractivity contribution in [3.63, 3.8) is 0 Å². The highest BCUT2D eigenvalue weighted by Gasteiger charge is 2.19. The van der Waals surface area contributed by atoms with E-state index in [-0.39, 0.29) is 11.8 Å². The monoisotopic (exact) mass is 442 g/mol. The number of carbonyl (C=O) groups is 3. The van der Waals surface area contributed by atoms with Crippen LogP contribution in [0.25, 0.3) is 10.1 Å². The van der Waals surface area contributed by atoms with Crippen LogP contribution in [0.15, 0.2) is 36.5 Å². The van der Waals surface area contributed by atoms with Gasteiger partial charge in [-0.1, -0.05) is 0 Å². The summed E-state index contributed by atoms with van der Waals surface area (Å²) in [6.07, 6.45) is 1.05. The molecule has 3 rings (SSSR count). The normalized spacial score (nSPS) is 11.3. The second-order valence-corrected chi connectivity index (χ2v) is 9.45. The zero-order valence-corrected chi connectivity index (χ0v) is 19.2. The van der Waals surface area contributed by atoms with Crippen LogP contribution in [-0.2, 0) is 11.8 Å². The molecular weight excluding hydrogens is 416 g/mol. The molecule has 1 aromatic carbocycles. The van der Waals surface area contributed by atoms with Gasteiger partial charge in [0.2, 0.25) is 0 Å². The smallest absolute Gasteiger partial charge is 0.412 e. The molecule has 0 atom stereocenters.